The van der Waals surface area contributed by atoms with Gasteiger partial charge < -0.3 is 20.1 Å². The lowest BCUT2D eigenvalue weighted by atomic mass is 9.89. The Labute approximate surface area is 175 Å². The van der Waals surface area contributed by atoms with Gasteiger partial charge in [0.15, 0.2) is 5.78 Å². The number of ketones is 1. The topological polar surface area (TPSA) is 78.9 Å². The molecule has 1 saturated heterocycles. The average molecular weight is 417 g/mol. The van der Waals surface area contributed by atoms with Gasteiger partial charge in [-0.3, -0.25) is 9.59 Å². The van der Waals surface area contributed by atoms with E-state index in [4.69, 9.17) is 16.3 Å². The molecular weight excluding hydrogens is 392 g/mol. The number of hydrogen-bond donors (Lipinski definition) is 2. The summed E-state index contributed by atoms with van der Waals surface area (Å²) in [5.41, 5.74) is 1.19. The molecule has 0 radical (unpaired) electrons. The zero-order valence-corrected chi connectivity index (χ0v) is 17.1. The predicted molar refractivity (Wildman–Crippen MR) is 113 cm³/mol. The minimum absolute atomic E-state index is 0.0136. The smallest absolute Gasteiger partial charge is 0.225 e. The number of rotatable bonds is 7. The molecule has 1 amide bonds. The molecule has 7 heteroatoms. The second-order valence-corrected chi connectivity index (χ2v) is 7.61. The van der Waals surface area contributed by atoms with Crippen LogP contribution in [0.25, 0.3) is 0 Å². The lowest BCUT2D eigenvalue weighted by molar-refractivity contribution is -0.116. The van der Waals surface area contributed by atoms with Crippen LogP contribution in [-0.4, -0.2) is 48.4 Å². The van der Waals surface area contributed by atoms with Gasteiger partial charge in [0, 0.05) is 29.5 Å². The molecule has 0 spiro atoms. The molecule has 1 aliphatic rings. The molecule has 29 heavy (non-hydrogen) atoms. The molecule has 0 atom stereocenters. The summed E-state index contributed by atoms with van der Waals surface area (Å²) >= 11 is 5.99. The van der Waals surface area contributed by atoms with E-state index >= 15 is 0 Å². The summed E-state index contributed by atoms with van der Waals surface area (Å²) in [6.07, 6.45) is 1.89. The number of nitrogens with zero attached hydrogens (tertiary/aromatic N) is 1. The molecule has 0 bridgehead atoms. The van der Waals surface area contributed by atoms with Crippen LogP contribution in [0.1, 0.15) is 29.6 Å². The van der Waals surface area contributed by atoms with Crippen molar-refractivity contribution in [3.05, 3.63) is 53.1 Å². The van der Waals surface area contributed by atoms with Crippen LogP contribution in [0.15, 0.2) is 42.5 Å². The van der Waals surface area contributed by atoms with Crippen LogP contribution in [0.2, 0.25) is 5.02 Å². The highest BCUT2D eigenvalue weighted by molar-refractivity contribution is 6.31. The molecule has 0 aromatic heterocycles. The van der Waals surface area contributed by atoms with E-state index < -0.39 is 0 Å². The summed E-state index contributed by atoms with van der Waals surface area (Å²) in [6.45, 7) is 2.19. The van der Waals surface area contributed by atoms with Crippen molar-refractivity contribution < 1.29 is 19.4 Å². The van der Waals surface area contributed by atoms with Crippen LogP contribution in [0.3, 0.4) is 0 Å². The molecular formula is C22H25ClN2O4. The number of likely N-dealkylation sites (tertiary alicyclic amines) is 1. The maximum atomic E-state index is 12.6. The molecule has 154 valence electrons. The second-order valence-electron chi connectivity index (χ2n) is 7.17. The van der Waals surface area contributed by atoms with Gasteiger partial charge in [0.2, 0.25) is 5.91 Å². The average Bonchev–Trinajstić information content (AvgIpc) is 2.73. The zero-order chi connectivity index (χ0) is 20.8. The molecule has 1 aliphatic heterocycles. The molecule has 0 aliphatic carbocycles. The Morgan fingerprint density at radius 2 is 1.86 bits per heavy atom. The molecule has 2 aromatic carbocycles. The van der Waals surface area contributed by atoms with Crippen molar-refractivity contribution in [2.75, 3.05) is 32.1 Å². The van der Waals surface area contributed by atoms with Crippen LogP contribution in [0.5, 0.6) is 11.5 Å². The van der Waals surface area contributed by atoms with Crippen molar-refractivity contribution in [3.8, 4) is 11.5 Å². The van der Waals surface area contributed by atoms with Crippen LogP contribution in [0.4, 0.5) is 5.69 Å². The second kappa shape index (κ2) is 9.76. The number of benzene rings is 2. The molecule has 0 unspecified atom stereocenters. The van der Waals surface area contributed by atoms with E-state index in [0.717, 1.165) is 25.9 Å². The number of amides is 1. The highest BCUT2D eigenvalue weighted by Crippen LogP contribution is 2.28. The van der Waals surface area contributed by atoms with Gasteiger partial charge in [-0.1, -0.05) is 11.6 Å². The van der Waals surface area contributed by atoms with Crippen LogP contribution in [-0.2, 0) is 4.79 Å². The van der Waals surface area contributed by atoms with Crippen molar-refractivity contribution in [3.63, 3.8) is 0 Å². The standard InChI is InChI=1S/C22H25ClN2O4/c1-29-20-7-4-17(23)14-19(20)24-21(27)10-13-25-11-8-16(9-12-25)22(28)15-2-5-18(26)6-3-15/h2-7,14,16,26H,8-13H2,1H3,(H,24,27). The van der Waals surface area contributed by atoms with Gasteiger partial charge in [-0.15, -0.1) is 0 Å². The van der Waals surface area contributed by atoms with Crippen LogP contribution in [0, 0.1) is 5.92 Å². The minimum Gasteiger partial charge on any atom is -0.508 e. The van der Waals surface area contributed by atoms with Gasteiger partial charge in [0.05, 0.1) is 12.8 Å². The lowest BCUT2D eigenvalue weighted by Gasteiger charge is -2.31. The molecule has 1 heterocycles. The molecule has 2 aromatic rings. The number of Topliss-reactive ketones (excluding diaryl/α,β-unsaturated/α-hetero) is 1. The Bertz CT molecular complexity index is 862. The fraction of sp³-hybridized carbons (Fsp3) is 0.364. The number of halogens is 1. The number of aromatic hydroxyl groups is 1. The fourth-order valence-corrected chi connectivity index (χ4v) is 3.70. The SMILES string of the molecule is COc1ccc(Cl)cc1NC(=O)CCN1CCC(C(=O)c2ccc(O)cc2)CC1. The van der Waals surface area contributed by atoms with E-state index in [0.29, 0.717) is 35.0 Å². The summed E-state index contributed by atoms with van der Waals surface area (Å²) < 4.78 is 5.24. The lowest BCUT2D eigenvalue weighted by Crippen LogP contribution is -2.38. The predicted octanol–water partition coefficient (Wildman–Crippen LogP) is 3.98. The van der Waals surface area contributed by atoms with Gasteiger partial charge in [0.25, 0.3) is 0 Å². The third-order valence-corrected chi connectivity index (χ3v) is 5.44. The fourth-order valence-electron chi connectivity index (χ4n) is 3.53. The number of carbonyl (C=O) groups is 2. The van der Waals surface area contributed by atoms with Gasteiger partial charge in [-0.2, -0.15) is 0 Å². The zero-order valence-electron chi connectivity index (χ0n) is 16.4. The van der Waals surface area contributed by atoms with Crippen molar-refractivity contribution in [1.82, 2.24) is 4.90 Å². The van der Waals surface area contributed by atoms with Crippen molar-refractivity contribution in [1.29, 1.82) is 0 Å². The Morgan fingerprint density at radius 3 is 2.52 bits per heavy atom. The van der Waals surface area contributed by atoms with E-state index in [-0.39, 0.29) is 23.4 Å². The molecule has 6 nitrogen and oxygen atoms in total. The Hall–Kier alpha value is -2.57. The van der Waals surface area contributed by atoms with E-state index in [1.807, 2.05) is 0 Å². The van der Waals surface area contributed by atoms with Gasteiger partial charge in [-0.05, 0) is 68.4 Å². The molecule has 0 saturated carbocycles. The number of methoxy groups -OCH3 is 1. The number of anilines is 1. The molecule has 1 fully saturated rings. The Kier molecular flexibility index (Phi) is 7.12. The summed E-state index contributed by atoms with van der Waals surface area (Å²) in [7, 11) is 1.54. The quantitative estimate of drug-likeness (QED) is 0.667. The summed E-state index contributed by atoms with van der Waals surface area (Å²) in [4.78, 5) is 27.1. The maximum Gasteiger partial charge on any atom is 0.225 e. The Balaban J connectivity index is 1.45. The summed E-state index contributed by atoms with van der Waals surface area (Å²) in [5, 5.41) is 12.7. The van der Waals surface area contributed by atoms with Crippen molar-refractivity contribution in [2.45, 2.75) is 19.3 Å². The normalized spacial score (nSPS) is 15.1. The number of ether oxygens (including phenoxy) is 1. The van der Waals surface area contributed by atoms with Crippen LogP contribution >= 0.6 is 11.6 Å². The third kappa shape index (κ3) is 5.71. The molecule has 3 rings (SSSR count). The van der Waals surface area contributed by atoms with E-state index in [9.17, 15) is 14.7 Å². The number of carbonyl (C=O) groups excluding carboxylic acids is 2. The number of piperidine rings is 1. The summed E-state index contributed by atoms with van der Waals surface area (Å²) in [5.74, 6) is 0.727. The first kappa shape index (κ1) is 21.1. The van der Waals surface area contributed by atoms with E-state index in [2.05, 4.69) is 10.2 Å². The van der Waals surface area contributed by atoms with Crippen LogP contribution < -0.4 is 10.1 Å². The first-order valence-corrected chi connectivity index (χ1v) is 10.0. The maximum absolute atomic E-state index is 12.6. The van der Waals surface area contributed by atoms with Crippen molar-refractivity contribution in [2.24, 2.45) is 5.92 Å². The third-order valence-electron chi connectivity index (χ3n) is 5.20. The van der Waals surface area contributed by atoms with E-state index in [1.165, 1.54) is 12.1 Å². The van der Waals surface area contributed by atoms with E-state index in [1.54, 1.807) is 37.4 Å². The summed E-state index contributed by atoms with van der Waals surface area (Å²) in [6, 6.07) is 11.5. The minimum atomic E-state index is -0.104. The van der Waals surface area contributed by atoms with Gasteiger partial charge >= 0.3 is 0 Å². The monoisotopic (exact) mass is 416 g/mol. The molecule has 2 N–H and O–H groups in total. The first-order chi connectivity index (χ1) is 14.0. The Morgan fingerprint density at radius 1 is 1.17 bits per heavy atom. The highest BCUT2D eigenvalue weighted by atomic mass is 35.5. The highest BCUT2D eigenvalue weighted by Gasteiger charge is 2.26. The van der Waals surface area contributed by atoms with Gasteiger partial charge in [0.1, 0.15) is 11.5 Å². The number of hydrogen-bond acceptors (Lipinski definition) is 5. The first-order valence-electron chi connectivity index (χ1n) is 9.65. The largest absolute Gasteiger partial charge is 0.508 e. The number of phenols is 1. The number of phenolic OH excluding ortho intramolecular Hbond substituents is 1. The van der Waals surface area contributed by atoms with Gasteiger partial charge in [-0.25, -0.2) is 0 Å². The number of nitrogens with one attached hydrogen (secondary N) is 1. The van der Waals surface area contributed by atoms with Crippen molar-refractivity contribution >= 4 is 29.0 Å².